The molecule has 0 aliphatic heterocycles. The van der Waals surface area contributed by atoms with Crippen LogP contribution in [0.15, 0.2) is 24.8 Å². The molecule has 0 saturated heterocycles. The van der Waals surface area contributed by atoms with Gasteiger partial charge in [-0.2, -0.15) is 0 Å². The molecule has 0 aromatic heterocycles. The Morgan fingerprint density at radius 1 is 1.25 bits per heavy atom. The second kappa shape index (κ2) is 4.00. The number of hydrogen-bond acceptors (Lipinski definition) is 0. The molecule has 0 nitrogen and oxygen atoms in total. The van der Waals surface area contributed by atoms with Crippen LogP contribution >= 0.6 is 0 Å². The quantitative estimate of drug-likeness (QED) is 0.649. The van der Waals surface area contributed by atoms with Gasteiger partial charge in [0.25, 0.3) is 0 Å². The Morgan fingerprint density at radius 3 is 2.50 bits per heavy atom. The summed E-state index contributed by atoms with van der Waals surface area (Å²) in [5.41, 5.74) is 1.74. The van der Waals surface area contributed by atoms with Gasteiger partial charge in [0.2, 0.25) is 0 Å². The lowest BCUT2D eigenvalue weighted by Crippen LogP contribution is -1.88. The van der Waals surface area contributed by atoms with E-state index < -0.39 is 13.3 Å². The van der Waals surface area contributed by atoms with Crippen LogP contribution in [0.4, 0.5) is 8.78 Å². The van der Waals surface area contributed by atoms with Crippen LogP contribution in [0.3, 0.4) is 0 Å². The molecule has 2 heteroatoms. The van der Waals surface area contributed by atoms with Gasteiger partial charge in [-0.1, -0.05) is 24.8 Å². The molecule has 0 amide bonds. The highest BCUT2D eigenvalue weighted by Crippen LogP contribution is 2.15. The maximum atomic E-state index is 12.3. The highest BCUT2D eigenvalue weighted by molar-refractivity contribution is 5.52. The summed E-state index contributed by atoms with van der Waals surface area (Å²) < 4.78 is 24.4. The third kappa shape index (κ3) is 1.70. The zero-order valence-corrected chi connectivity index (χ0v) is 6.69. The van der Waals surface area contributed by atoms with Crippen molar-refractivity contribution in [1.82, 2.24) is 0 Å². The van der Waals surface area contributed by atoms with Crippen molar-refractivity contribution in [2.75, 3.05) is 0 Å². The molecule has 1 aromatic carbocycles. The summed E-state index contributed by atoms with van der Waals surface area (Å²) in [6, 6.07) is 4.84. The summed E-state index contributed by atoms with van der Waals surface area (Å²) in [6.45, 7) is 2.41. The Bertz CT molecular complexity index is 279. The van der Waals surface area contributed by atoms with E-state index in [0.717, 1.165) is 5.56 Å². The van der Waals surface area contributed by atoms with Gasteiger partial charge in [0.1, 0.15) is 13.3 Å². The lowest BCUT2D eigenvalue weighted by Gasteiger charge is -2.02. The van der Waals surface area contributed by atoms with Crippen molar-refractivity contribution in [2.45, 2.75) is 13.3 Å². The molecule has 1 aromatic rings. The first-order chi connectivity index (χ1) is 5.81. The molecule has 0 bridgehead atoms. The van der Waals surface area contributed by atoms with E-state index >= 15 is 0 Å². The first-order valence-electron chi connectivity index (χ1n) is 3.68. The largest absolute Gasteiger partial charge is 0.246 e. The van der Waals surface area contributed by atoms with Crippen molar-refractivity contribution in [1.29, 1.82) is 0 Å². The second-order valence-electron chi connectivity index (χ2n) is 2.50. The molecule has 0 N–H and O–H groups in total. The Labute approximate surface area is 70.5 Å². The molecule has 0 atom stereocenters. The molecule has 0 spiro atoms. The molecule has 1 rings (SSSR count). The Balaban J connectivity index is 3.10. The van der Waals surface area contributed by atoms with Crippen LogP contribution in [0.2, 0.25) is 0 Å². The van der Waals surface area contributed by atoms with Gasteiger partial charge in [-0.15, -0.1) is 0 Å². The Kier molecular flexibility index (Phi) is 2.97. The van der Waals surface area contributed by atoms with E-state index in [4.69, 9.17) is 0 Å². The zero-order chi connectivity index (χ0) is 8.97. The van der Waals surface area contributed by atoms with E-state index in [1.165, 1.54) is 6.07 Å². The number of rotatable bonds is 3. The van der Waals surface area contributed by atoms with Crippen molar-refractivity contribution in [3.05, 3.63) is 41.5 Å². The SMILES string of the molecule is C=Cc1ccc(CF)cc1CF. The summed E-state index contributed by atoms with van der Waals surface area (Å²) in [4.78, 5) is 0. The highest BCUT2D eigenvalue weighted by Gasteiger charge is 2.00. The van der Waals surface area contributed by atoms with Crippen LogP contribution in [0.5, 0.6) is 0 Å². The van der Waals surface area contributed by atoms with Gasteiger partial charge >= 0.3 is 0 Å². The third-order valence-corrected chi connectivity index (χ3v) is 1.73. The van der Waals surface area contributed by atoms with E-state index in [2.05, 4.69) is 6.58 Å². The molecule has 0 aliphatic carbocycles. The Morgan fingerprint density at radius 2 is 2.00 bits per heavy atom. The van der Waals surface area contributed by atoms with Gasteiger partial charge in [0.05, 0.1) is 0 Å². The average Bonchev–Trinajstić information content (AvgIpc) is 2.16. The van der Waals surface area contributed by atoms with Crippen LogP contribution in [0.25, 0.3) is 6.08 Å². The van der Waals surface area contributed by atoms with Gasteiger partial charge in [-0.3, -0.25) is 0 Å². The number of halogens is 2. The van der Waals surface area contributed by atoms with Crippen molar-refractivity contribution in [3.63, 3.8) is 0 Å². The van der Waals surface area contributed by atoms with Crippen molar-refractivity contribution >= 4 is 6.08 Å². The minimum atomic E-state index is -0.574. The topological polar surface area (TPSA) is 0 Å². The number of benzene rings is 1. The molecule has 12 heavy (non-hydrogen) atoms. The zero-order valence-electron chi connectivity index (χ0n) is 6.69. The Hall–Kier alpha value is -1.18. The summed E-state index contributed by atoms with van der Waals surface area (Å²) in [7, 11) is 0. The van der Waals surface area contributed by atoms with Crippen molar-refractivity contribution < 1.29 is 8.78 Å². The number of alkyl halides is 2. The second-order valence-corrected chi connectivity index (χ2v) is 2.50. The van der Waals surface area contributed by atoms with E-state index in [0.29, 0.717) is 11.1 Å². The van der Waals surface area contributed by atoms with Crippen LogP contribution in [0, 0.1) is 0 Å². The van der Waals surface area contributed by atoms with E-state index in [1.807, 2.05) is 0 Å². The fourth-order valence-electron chi connectivity index (χ4n) is 1.06. The monoisotopic (exact) mass is 168 g/mol. The van der Waals surface area contributed by atoms with Gasteiger partial charge in [-0.25, -0.2) is 8.78 Å². The third-order valence-electron chi connectivity index (χ3n) is 1.73. The molecule has 0 fully saturated rings. The van der Waals surface area contributed by atoms with E-state index in [-0.39, 0.29) is 0 Å². The molecule has 64 valence electrons. The minimum absolute atomic E-state index is 0.500. The molecule has 0 unspecified atom stereocenters. The fraction of sp³-hybridized carbons (Fsp3) is 0.200. The van der Waals surface area contributed by atoms with Gasteiger partial charge in [-0.05, 0) is 22.8 Å². The summed E-state index contributed by atoms with van der Waals surface area (Å²) in [6.07, 6.45) is 1.57. The smallest absolute Gasteiger partial charge is 0.115 e. The van der Waals surface area contributed by atoms with Gasteiger partial charge in [0.15, 0.2) is 0 Å². The predicted octanol–water partition coefficient (Wildman–Crippen LogP) is 3.27. The fourth-order valence-corrected chi connectivity index (χ4v) is 1.06. The summed E-state index contributed by atoms with van der Waals surface area (Å²) in [5.74, 6) is 0. The maximum Gasteiger partial charge on any atom is 0.115 e. The standard InChI is InChI=1S/C10H10F2/c1-2-9-4-3-8(6-11)5-10(9)7-12/h2-5H,1,6-7H2. The highest BCUT2D eigenvalue weighted by atomic mass is 19.1. The molecule has 0 radical (unpaired) electrons. The molecule has 0 heterocycles. The molecular formula is C10H10F2. The minimum Gasteiger partial charge on any atom is -0.246 e. The molecular weight excluding hydrogens is 158 g/mol. The van der Waals surface area contributed by atoms with Gasteiger partial charge < -0.3 is 0 Å². The van der Waals surface area contributed by atoms with Crippen LogP contribution < -0.4 is 0 Å². The lowest BCUT2D eigenvalue weighted by molar-refractivity contribution is 0.474. The first-order valence-corrected chi connectivity index (χ1v) is 3.68. The van der Waals surface area contributed by atoms with E-state index in [1.54, 1.807) is 18.2 Å². The van der Waals surface area contributed by atoms with Crippen molar-refractivity contribution in [2.24, 2.45) is 0 Å². The maximum absolute atomic E-state index is 12.3. The van der Waals surface area contributed by atoms with Crippen LogP contribution in [-0.2, 0) is 13.3 Å². The molecule has 0 saturated carbocycles. The van der Waals surface area contributed by atoms with Crippen molar-refractivity contribution in [3.8, 4) is 0 Å². The molecule has 0 aliphatic rings. The van der Waals surface area contributed by atoms with Crippen LogP contribution in [-0.4, -0.2) is 0 Å². The predicted molar refractivity (Wildman–Crippen MR) is 46.2 cm³/mol. The summed E-state index contributed by atoms with van der Waals surface area (Å²) in [5, 5.41) is 0. The summed E-state index contributed by atoms with van der Waals surface area (Å²) >= 11 is 0. The van der Waals surface area contributed by atoms with E-state index in [9.17, 15) is 8.78 Å². The van der Waals surface area contributed by atoms with Gasteiger partial charge in [0, 0.05) is 0 Å². The lowest BCUT2D eigenvalue weighted by atomic mass is 10.1. The van der Waals surface area contributed by atoms with Crippen LogP contribution in [0.1, 0.15) is 16.7 Å². The first kappa shape index (κ1) is 8.91. The normalized spacial score (nSPS) is 9.83. The number of hydrogen-bond donors (Lipinski definition) is 0. The average molecular weight is 168 g/mol.